The highest BCUT2D eigenvalue weighted by molar-refractivity contribution is 5.22. The van der Waals surface area contributed by atoms with Crippen LogP contribution >= 0.6 is 0 Å². The number of hydrogen-bond acceptors (Lipinski definition) is 2. The van der Waals surface area contributed by atoms with Crippen molar-refractivity contribution in [1.29, 1.82) is 0 Å². The molecule has 1 N–H and O–H groups in total. The third-order valence-electron chi connectivity index (χ3n) is 3.30. The fourth-order valence-corrected chi connectivity index (χ4v) is 1.96. The number of methoxy groups -OCH3 is 1. The number of benzene rings is 1. The molecule has 1 aromatic carbocycles. The van der Waals surface area contributed by atoms with Gasteiger partial charge < -0.3 is 10.1 Å². The lowest BCUT2D eigenvalue weighted by Gasteiger charge is -2.28. The second-order valence-electron chi connectivity index (χ2n) is 5.34. The molecule has 0 bridgehead atoms. The lowest BCUT2D eigenvalue weighted by atomic mass is 9.94. The maximum absolute atomic E-state index is 5.49. The molecule has 0 saturated carbocycles. The molecule has 0 radical (unpaired) electrons. The van der Waals surface area contributed by atoms with E-state index >= 15 is 0 Å². The molecule has 0 aliphatic rings. The van der Waals surface area contributed by atoms with Gasteiger partial charge in [0.1, 0.15) is 0 Å². The molecule has 1 unspecified atom stereocenters. The summed E-state index contributed by atoms with van der Waals surface area (Å²) in [5.74, 6) is 0. The first-order valence-corrected chi connectivity index (χ1v) is 6.25. The standard InChI is InChI=1S/C15H25NO/c1-12-6-8-13(9-7-12)10-14(16-4)11-15(2,3)17-5/h6-9,14,16H,10-11H2,1-5H3. The molecule has 96 valence electrons. The van der Waals surface area contributed by atoms with Crippen LogP contribution in [0.3, 0.4) is 0 Å². The lowest BCUT2D eigenvalue weighted by molar-refractivity contribution is 0.00773. The number of ether oxygens (including phenoxy) is 1. The second kappa shape index (κ2) is 6.18. The van der Waals surface area contributed by atoms with Gasteiger partial charge in [-0.1, -0.05) is 29.8 Å². The van der Waals surface area contributed by atoms with Gasteiger partial charge in [0, 0.05) is 13.2 Å². The van der Waals surface area contributed by atoms with Gasteiger partial charge in [0.2, 0.25) is 0 Å². The maximum atomic E-state index is 5.49. The van der Waals surface area contributed by atoms with Gasteiger partial charge in [0.15, 0.2) is 0 Å². The molecular weight excluding hydrogens is 210 g/mol. The van der Waals surface area contributed by atoms with Gasteiger partial charge in [-0.15, -0.1) is 0 Å². The van der Waals surface area contributed by atoms with Gasteiger partial charge >= 0.3 is 0 Å². The van der Waals surface area contributed by atoms with Crippen molar-refractivity contribution in [2.75, 3.05) is 14.2 Å². The average Bonchev–Trinajstić information content (AvgIpc) is 2.31. The second-order valence-corrected chi connectivity index (χ2v) is 5.34. The van der Waals surface area contributed by atoms with Crippen LogP contribution in [-0.2, 0) is 11.2 Å². The Labute approximate surface area is 105 Å². The normalized spacial score (nSPS) is 13.7. The van der Waals surface area contributed by atoms with Crippen LogP contribution in [0.25, 0.3) is 0 Å². The molecule has 0 amide bonds. The highest BCUT2D eigenvalue weighted by Gasteiger charge is 2.21. The monoisotopic (exact) mass is 235 g/mol. The van der Waals surface area contributed by atoms with Gasteiger partial charge in [-0.05, 0) is 46.2 Å². The van der Waals surface area contributed by atoms with Crippen molar-refractivity contribution >= 4 is 0 Å². The van der Waals surface area contributed by atoms with E-state index in [0.29, 0.717) is 6.04 Å². The third kappa shape index (κ3) is 4.88. The average molecular weight is 235 g/mol. The van der Waals surface area contributed by atoms with Crippen molar-refractivity contribution in [2.45, 2.75) is 45.3 Å². The zero-order chi connectivity index (χ0) is 12.9. The summed E-state index contributed by atoms with van der Waals surface area (Å²) in [6, 6.07) is 9.21. The van der Waals surface area contributed by atoms with Crippen LogP contribution < -0.4 is 5.32 Å². The van der Waals surface area contributed by atoms with E-state index in [0.717, 1.165) is 12.8 Å². The predicted octanol–water partition coefficient (Wildman–Crippen LogP) is 2.94. The van der Waals surface area contributed by atoms with Crippen LogP contribution in [0.15, 0.2) is 24.3 Å². The Morgan fingerprint density at radius 3 is 2.29 bits per heavy atom. The van der Waals surface area contributed by atoms with Crippen molar-refractivity contribution in [2.24, 2.45) is 0 Å². The molecule has 1 atom stereocenters. The predicted molar refractivity (Wildman–Crippen MR) is 73.4 cm³/mol. The van der Waals surface area contributed by atoms with Gasteiger partial charge in [-0.25, -0.2) is 0 Å². The third-order valence-corrected chi connectivity index (χ3v) is 3.30. The van der Waals surface area contributed by atoms with E-state index in [-0.39, 0.29) is 5.60 Å². The Balaban J connectivity index is 2.61. The summed E-state index contributed by atoms with van der Waals surface area (Å²) in [5, 5.41) is 3.38. The molecular formula is C15H25NO. The first-order valence-electron chi connectivity index (χ1n) is 6.25. The number of rotatable bonds is 6. The van der Waals surface area contributed by atoms with Crippen LogP contribution in [0.2, 0.25) is 0 Å². The van der Waals surface area contributed by atoms with Gasteiger partial charge in [-0.3, -0.25) is 0 Å². The highest BCUT2D eigenvalue weighted by atomic mass is 16.5. The van der Waals surface area contributed by atoms with Gasteiger partial charge in [0.25, 0.3) is 0 Å². The van der Waals surface area contributed by atoms with Crippen molar-refractivity contribution < 1.29 is 4.74 Å². The van der Waals surface area contributed by atoms with E-state index < -0.39 is 0 Å². The van der Waals surface area contributed by atoms with E-state index in [1.165, 1.54) is 11.1 Å². The molecule has 2 nitrogen and oxygen atoms in total. The quantitative estimate of drug-likeness (QED) is 0.818. The highest BCUT2D eigenvalue weighted by Crippen LogP contribution is 2.18. The number of aryl methyl sites for hydroxylation is 1. The first-order chi connectivity index (χ1) is 7.96. The minimum Gasteiger partial charge on any atom is -0.379 e. The number of hydrogen-bond donors (Lipinski definition) is 1. The zero-order valence-electron chi connectivity index (χ0n) is 11.7. The first kappa shape index (κ1) is 14.2. The summed E-state index contributed by atoms with van der Waals surface area (Å²) in [5.41, 5.74) is 2.62. The zero-order valence-corrected chi connectivity index (χ0v) is 11.7. The van der Waals surface area contributed by atoms with Gasteiger partial charge in [-0.2, -0.15) is 0 Å². The van der Waals surface area contributed by atoms with Crippen molar-refractivity contribution in [3.8, 4) is 0 Å². The van der Waals surface area contributed by atoms with E-state index in [9.17, 15) is 0 Å². The summed E-state index contributed by atoms with van der Waals surface area (Å²) in [6.45, 7) is 6.38. The number of likely N-dealkylation sites (N-methyl/N-ethyl adjacent to an activating group) is 1. The smallest absolute Gasteiger partial charge is 0.0637 e. The minimum absolute atomic E-state index is 0.0711. The summed E-state index contributed by atoms with van der Waals surface area (Å²) in [4.78, 5) is 0. The van der Waals surface area contributed by atoms with E-state index in [1.807, 2.05) is 7.05 Å². The Morgan fingerprint density at radius 2 is 1.82 bits per heavy atom. The van der Waals surface area contributed by atoms with Gasteiger partial charge in [0.05, 0.1) is 5.60 Å². The molecule has 0 saturated heterocycles. The van der Waals surface area contributed by atoms with E-state index in [2.05, 4.69) is 50.4 Å². The molecule has 0 spiro atoms. The molecule has 0 aromatic heterocycles. The largest absolute Gasteiger partial charge is 0.379 e. The lowest BCUT2D eigenvalue weighted by Crippen LogP contribution is -2.37. The Bertz CT molecular complexity index is 329. The SMILES string of the molecule is CNC(Cc1ccc(C)cc1)CC(C)(C)OC. The summed E-state index contributed by atoms with van der Waals surface area (Å²) >= 11 is 0. The summed E-state index contributed by atoms with van der Waals surface area (Å²) in [7, 11) is 3.79. The van der Waals surface area contributed by atoms with Crippen molar-refractivity contribution in [3.63, 3.8) is 0 Å². The maximum Gasteiger partial charge on any atom is 0.0637 e. The van der Waals surface area contributed by atoms with Crippen LogP contribution in [0.4, 0.5) is 0 Å². The summed E-state index contributed by atoms with van der Waals surface area (Å²) in [6.07, 6.45) is 2.05. The Morgan fingerprint density at radius 1 is 1.24 bits per heavy atom. The van der Waals surface area contributed by atoms with Crippen LogP contribution in [0, 0.1) is 6.92 Å². The fraction of sp³-hybridized carbons (Fsp3) is 0.600. The molecule has 17 heavy (non-hydrogen) atoms. The topological polar surface area (TPSA) is 21.3 Å². The molecule has 2 heteroatoms. The number of nitrogens with one attached hydrogen (secondary N) is 1. The molecule has 0 heterocycles. The van der Waals surface area contributed by atoms with Crippen molar-refractivity contribution in [3.05, 3.63) is 35.4 Å². The van der Waals surface area contributed by atoms with Crippen LogP contribution in [-0.4, -0.2) is 25.8 Å². The summed E-state index contributed by atoms with van der Waals surface area (Å²) < 4.78 is 5.49. The molecule has 1 rings (SSSR count). The van der Waals surface area contributed by atoms with Crippen LogP contribution in [0.5, 0.6) is 0 Å². The Hall–Kier alpha value is -0.860. The molecule has 1 aromatic rings. The minimum atomic E-state index is -0.0711. The van der Waals surface area contributed by atoms with E-state index in [4.69, 9.17) is 4.74 Å². The molecule has 0 aliphatic carbocycles. The molecule has 0 aliphatic heterocycles. The fourth-order valence-electron chi connectivity index (χ4n) is 1.96. The van der Waals surface area contributed by atoms with E-state index in [1.54, 1.807) is 7.11 Å². The van der Waals surface area contributed by atoms with Crippen LogP contribution in [0.1, 0.15) is 31.4 Å². The van der Waals surface area contributed by atoms with Crippen molar-refractivity contribution in [1.82, 2.24) is 5.32 Å². The molecule has 0 fully saturated rings. The Kier molecular flexibility index (Phi) is 5.16.